The number of pyridine rings is 2. The summed E-state index contributed by atoms with van der Waals surface area (Å²) in [6, 6.07) is 13.2. The minimum atomic E-state index is -0.138. The number of ether oxygens (including phenoxy) is 1. The summed E-state index contributed by atoms with van der Waals surface area (Å²) in [7, 11) is 1.62. The first-order chi connectivity index (χ1) is 9.67. The van der Waals surface area contributed by atoms with E-state index in [0.717, 1.165) is 22.4 Å². The minimum absolute atomic E-state index is 0.138. The van der Waals surface area contributed by atoms with Crippen LogP contribution in [0.15, 0.2) is 47.3 Å². The van der Waals surface area contributed by atoms with Crippen molar-refractivity contribution < 1.29 is 4.74 Å². The lowest BCUT2D eigenvalue weighted by molar-refractivity contribution is 0.415. The Bertz CT molecular complexity index is 820. The molecule has 20 heavy (non-hydrogen) atoms. The van der Waals surface area contributed by atoms with E-state index in [0.29, 0.717) is 11.2 Å². The highest BCUT2D eigenvalue weighted by Crippen LogP contribution is 2.21. The van der Waals surface area contributed by atoms with Gasteiger partial charge in [-0.2, -0.15) is 0 Å². The summed E-state index contributed by atoms with van der Waals surface area (Å²) >= 11 is 0. The second kappa shape index (κ2) is 4.81. The zero-order chi connectivity index (χ0) is 14.1. The number of methoxy groups -OCH3 is 1. The Hall–Kier alpha value is -2.62. The van der Waals surface area contributed by atoms with Gasteiger partial charge in [-0.25, -0.2) is 4.98 Å². The fourth-order valence-corrected chi connectivity index (χ4v) is 2.17. The second-order valence-corrected chi connectivity index (χ2v) is 4.63. The van der Waals surface area contributed by atoms with E-state index >= 15 is 0 Å². The van der Waals surface area contributed by atoms with E-state index in [-0.39, 0.29) is 5.56 Å². The number of hydrogen-bond donors (Lipinski definition) is 1. The lowest BCUT2D eigenvalue weighted by Crippen LogP contribution is -2.09. The highest BCUT2D eigenvalue weighted by atomic mass is 16.5. The topological polar surface area (TPSA) is 55.0 Å². The van der Waals surface area contributed by atoms with Gasteiger partial charge in [0.1, 0.15) is 11.4 Å². The van der Waals surface area contributed by atoms with Crippen molar-refractivity contribution in [1.29, 1.82) is 0 Å². The maximum absolute atomic E-state index is 12.2. The van der Waals surface area contributed by atoms with Crippen molar-refractivity contribution >= 4 is 11.0 Å². The van der Waals surface area contributed by atoms with Crippen molar-refractivity contribution in [2.24, 2.45) is 0 Å². The van der Waals surface area contributed by atoms with Crippen molar-refractivity contribution in [1.82, 2.24) is 9.97 Å². The Morgan fingerprint density at radius 1 is 1.10 bits per heavy atom. The largest absolute Gasteiger partial charge is 0.497 e. The Kier molecular flexibility index (Phi) is 2.99. The molecule has 1 aromatic carbocycles. The Morgan fingerprint density at radius 2 is 1.85 bits per heavy atom. The van der Waals surface area contributed by atoms with Gasteiger partial charge in [-0.3, -0.25) is 4.79 Å². The average Bonchev–Trinajstić information content (AvgIpc) is 2.46. The van der Waals surface area contributed by atoms with E-state index in [4.69, 9.17) is 4.74 Å². The molecule has 0 fully saturated rings. The number of aryl methyl sites for hydroxylation is 1. The number of rotatable bonds is 2. The highest BCUT2D eigenvalue weighted by molar-refractivity contribution is 5.80. The maximum Gasteiger partial charge on any atom is 0.257 e. The van der Waals surface area contributed by atoms with Gasteiger partial charge in [-0.15, -0.1) is 0 Å². The molecule has 0 aliphatic rings. The van der Waals surface area contributed by atoms with Gasteiger partial charge in [-0.05, 0) is 42.8 Å². The zero-order valence-electron chi connectivity index (χ0n) is 11.3. The summed E-state index contributed by atoms with van der Waals surface area (Å²) in [5, 5.41) is 0.918. The Labute approximate surface area is 116 Å². The molecular weight excluding hydrogens is 252 g/mol. The number of hydrogen-bond acceptors (Lipinski definition) is 3. The molecule has 1 N–H and O–H groups in total. The molecule has 0 bridgehead atoms. The van der Waals surface area contributed by atoms with Gasteiger partial charge in [0.05, 0.1) is 7.11 Å². The minimum Gasteiger partial charge on any atom is -0.497 e. The van der Waals surface area contributed by atoms with Gasteiger partial charge >= 0.3 is 0 Å². The van der Waals surface area contributed by atoms with Crippen molar-refractivity contribution in [2.75, 3.05) is 7.11 Å². The van der Waals surface area contributed by atoms with E-state index in [1.54, 1.807) is 7.11 Å². The molecule has 0 unspecified atom stereocenters. The molecular formula is C16H14N2O2. The van der Waals surface area contributed by atoms with Crippen LogP contribution in [0.3, 0.4) is 0 Å². The van der Waals surface area contributed by atoms with Crippen LogP contribution in [0.2, 0.25) is 0 Å². The van der Waals surface area contributed by atoms with Gasteiger partial charge < -0.3 is 9.72 Å². The van der Waals surface area contributed by atoms with Crippen LogP contribution in [0.4, 0.5) is 0 Å². The molecule has 0 atom stereocenters. The van der Waals surface area contributed by atoms with Gasteiger partial charge in [0, 0.05) is 16.6 Å². The molecule has 0 spiro atoms. The first-order valence-corrected chi connectivity index (χ1v) is 6.32. The molecule has 2 heterocycles. The van der Waals surface area contributed by atoms with Crippen molar-refractivity contribution in [3.63, 3.8) is 0 Å². The Morgan fingerprint density at radius 3 is 2.55 bits per heavy atom. The molecule has 0 saturated carbocycles. The Balaban J connectivity index is 2.17. The van der Waals surface area contributed by atoms with Crippen molar-refractivity contribution in [2.45, 2.75) is 6.92 Å². The van der Waals surface area contributed by atoms with Crippen LogP contribution in [0, 0.1) is 6.92 Å². The first kappa shape index (κ1) is 12.4. The van der Waals surface area contributed by atoms with Crippen LogP contribution in [-0.4, -0.2) is 17.1 Å². The molecule has 0 aliphatic heterocycles. The summed E-state index contributed by atoms with van der Waals surface area (Å²) in [6.07, 6.45) is 0. The monoisotopic (exact) mass is 266 g/mol. The van der Waals surface area contributed by atoms with Crippen LogP contribution >= 0.6 is 0 Å². The summed E-state index contributed by atoms with van der Waals surface area (Å²) in [6.45, 7) is 1.90. The second-order valence-electron chi connectivity index (χ2n) is 4.63. The van der Waals surface area contributed by atoms with Gasteiger partial charge in [0.15, 0.2) is 0 Å². The number of benzene rings is 1. The van der Waals surface area contributed by atoms with E-state index < -0.39 is 0 Å². The average molecular weight is 266 g/mol. The SMILES string of the molecule is COc1ccc(-c2cc3ccc(C)nc3[nH]c2=O)cc1. The van der Waals surface area contributed by atoms with E-state index in [2.05, 4.69) is 9.97 Å². The molecule has 4 nitrogen and oxygen atoms in total. The van der Waals surface area contributed by atoms with Gasteiger partial charge in [-0.1, -0.05) is 12.1 Å². The molecule has 3 rings (SSSR count). The predicted octanol–water partition coefficient (Wildman–Crippen LogP) is 2.91. The molecule has 4 heteroatoms. The third kappa shape index (κ3) is 2.16. The molecule has 0 aliphatic carbocycles. The van der Waals surface area contributed by atoms with E-state index in [1.807, 2.05) is 49.4 Å². The van der Waals surface area contributed by atoms with Crippen molar-refractivity contribution in [3.05, 3.63) is 58.5 Å². The highest BCUT2D eigenvalue weighted by Gasteiger charge is 2.06. The van der Waals surface area contributed by atoms with Crippen LogP contribution in [0.5, 0.6) is 5.75 Å². The van der Waals surface area contributed by atoms with Crippen LogP contribution in [0.25, 0.3) is 22.2 Å². The van der Waals surface area contributed by atoms with E-state index in [1.165, 1.54) is 0 Å². The number of nitrogens with one attached hydrogen (secondary N) is 1. The number of fused-ring (bicyclic) bond motifs is 1. The summed E-state index contributed by atoms with van der Waals surface area (Å²) < 4.78 is 5.12. The fourth-order valence-electron chi connectivity index (χ4n) is 2.17. The normalized spacial score (nSPS) is 10.7. The summed E-state index contributed by atoms with van der Waals surface area (Å²) in [5.74, 6) is 0.767. The quantitative estimate of drug-likeness (QED) is 0.776. The molecule has 0 radical (unpaired) electrons. The van der Waals surface area contributed by atoms with Crippen LogP contribution in [0.1, 0.15) is 5.69 Å². The number of nitrogens with zero attached hydrogens (tertiary/aromatic N) is 1. The number of H-pyrrole nitrogens is 1. The molecule has 3 aromatic rings. The smallest absolute Gasteiger partial charge is 0.257 e. The van der Waals surface area contributed by atoms with Gasteiger partial charge in [0.25, 0.3) is 5.56 Å². The first-order valence-electron chi connectivity index (χ1n) is 6.32. The molecule has 0 amide bonds. The van der Waals surface area contributed by atoms with Gasteiger partial charge in [0.2, 0.25) is 0 Å². The van der Waals surface area contributed by atoms with E-state index in [9.17, 15) is 4.79 Å². The maximum atomic E-state index is 12.2. The molecule has 100 valence electrons. The number of aromatic nitrogens is 2. The third-order valence-corrected chi connectivity index (χ3v) is 3.24. The molecule has 0 saturated heterocycles. The summed E-state index contributed by atoms with van der Waals surface area (Å²) in [5.41, 5.74) is 2.85. The fraction of sp³-hybridized carbons (Fsp3) is 0.125. The summed E-state index contributed by atoms with van der Waals surface area (Å²) in [4.78, 5) is 19.3. The van der Waals surface area contributed by atoms with Crippen LogP contribution < -0.4 is 10.3 Å². The third-order valence-electron chi connectivity index (χ3n) is 3.24. The lowest BCUT2D eigenvalue weighted by atomic mass is 10.1. The standard InChI is InChI=1S/C16H14N2O2/c1-10-3-4-12-9-14(16(19)18-15(12)17-10)11-5-7-13(20-2)8-6-11/h3-9H,1-2H3,(H,17,18,19). The number of aromatic amines is 1. The molecule has 2 aromatic heterocycles. The van der Waals surface area contributed by atoms with Crippen LogP contribution in [-0.2, 0) is 0 Å². The lowest BCUT2D eigenvalue weighted by Gasteiger charge is -2.05. The zero-order valence-corrected chi connectivity index (χ0v) is 11.3. The van der Waals surface area contributed by atoms with Crippen molar-refractivity contribution in [3.8, 4) is 16.9 Å². The predicted molar refractivity (Wildman–Crippen MR) is 79.1 cm³/mol.